The molecule has 4 rings (SSSR count). The summed E-state index contributed by atoms with van der Waals surface area (Å²) in [6, 6.07) is 7.86. The number of rotatable bonds is 3. The second-order valence-electron chi connectivity index (χ2n) is 7.06. The Bertz CT molecular complexity index is 996. The van der Waals surface area contributed by atoms with Crippen LogP contribution in [-0.4, -0.2) is 30.7 Å². The summed E-state index contributed by atoms with van der Waals surface area (Å²) in [6.07, 6.45) is 4.53. The number of amides is 1. The summed E-state index contributed by atoms with van der Waals surface area (Å²) < 4.78 is 4.69. The number of para-hydroxylation sites is 2. The molecule has 1 aliphatic carbocycles. The SMILES string of the molecule is C[C@H]1CCCC[C@@H]1NC(=O)Cn1nc2n(C)c3ccccc3n2c1=O. The van der Waals surface area contributed by atoms with Crippen molar-refractivity contribution in [2.24, 2.45) is 13.0 Å². The van der Waals surface area contributed by atoms with Gasteiger partial charge in [-0.15, -0.1) is 5.10 Å². The Kier molecular flexibility index (Phi) is 3.86. The van der Waals surface area contributed by atoms with E-state index in [-0.39, 0.29) is 24.2 Å². The summed E-state index contributed by atoms with van der Waals surface area (Å²) >= 11 is 0. The van der Waals surface area contributed by atoms with Crippen LogP contribution in [0.5, 0.6) is 0 Å². The lowest BCUT2D eigenvalue weighted by Gasteiger charge is -2.29. The fourth-order valence-electron chi connectivity index (χ4n) is 3.89. The van der Waals surface area contributed by atoms with Crippen molar-refractivity contribution in [2.45, 2.75) is 45.2 Å². The third-order valence-corrected chi connectivity index (χ3v) is 5.36. The molecule has 2 atom stereocenters. The van der Waals surface area contributed by atoms with E-state index in [4.69, 9.17) is 0 Å². The van der Waals surface area contributed by atoms with Crippen molar-refractivity contribution < 1.29 is 4.79 Å². The van der Waals surface area contributed by atoms with Crippen molar-refractivity contribution in [1.29, 1.82) is 0 Å². The van der Waals surface area contributed by atoms with Gasteiger partial charge in [0, 0.05) is 13.1 Å². The minimum Gasteiger partial charge on any atom is -0.351 e. The van der Waals surface area contributed by atoms with Crippen LogP contribution in [0.25, 0.3) is 16.8 Å². The van der Waals surface area contributed by atoms with Crippen LogP contribution in [0.1, 0.15) is 32.6 Å². The van der Waals surface area contributed by atoms with Crippen LogP contribution in [0, 0.1) is 5.92 Å². The molecule has 2 heterocycles. The second-order valence-corrected chi connectivity index (χ2v) is 7.06. The van der Waals surface area contributed by atoms with Gasteiger partial charge in [0.15, 0.2) is 0 Å². The van der Waals surface area contributed by atoms with Gasteiger partial charge in [-0.25, -0.2) is 13.9 Å². The lowest BCUT2D eigenvalue weighted by molar-refractivity contribution is -0.123. The van der Waals surface area contributed by atoms with Gasteiger partial charge in [0.25, 0.3) is 0 Å². The first-order chi connectivity index (χ1) is 12.1. The molecule has 3 aromatic rings. The maximum absolute atomic E-state index is 12.7. The summed E-state index contributed by atoms with van der Waals surface area (Å²) in [6.45, 7) is 2.13. The first-order valence-corrected chi connectivity index (χ1v) is 8.88. The first-order valence-electron chi connectivity index (χ1n) is 8.88. The molecule has 1 saturated carbocycles. The number of fused-ring (bicyclic) bond motifs is 3. The number of hydrogen-bond donors (Lipinski definition) is 1. The van der Waals surface area contributed by atoms with Gasteiger partial charge < -0.3 is 9.88 Å². The van der Waals surface area contributed by atoms with Gasteiger partial charge in [-0.2, -0.15) is 0 Å². The summed E-state index contributed by atoms with van der Waals surface area (Å²) in [5.74, 6) is 0.887. The molecule has 1 aliphatic rings. The van der Waals surface area contributed by atoms with Crippen LogP contribution < -0.4 is 11.0 Å². The Morgan fingerprint density at radius 3 is 2.72 bits per heavy atom. The molecule has 7 nitrogen and oxygen atoms in total. The van der Waals surface area contributed by atoms with Gasteiger partial charge in [-0.1, -0.05) is 31.9 Å². The van der Waals surface area contributed by atoms with Crippen molar-refractivity contribution in [1.82, 2.24) is 24.1 Å². The molecule has 0 spiro atoms. The van der Waals surface area contributed by atoms with E-state index in [1.165, 1.54) is 11.1 Å². The Balaban J connectivity index is 1.62. The van der Waals surface area contributed by atoms with E-state index in [9.17, 15) is 9.59 Å². The monoisotopic (exact) mass is 341 g/mol. The quantitative estimate of drug-likeness (QED) is 0.788. The van der Waals surface area contributed by atoms with Crippen LogP contribution >= 0.6 is 0 Å². The minimum atomic E-state index is -0.279. The highest BCUT2D eigenvalue weighted by molar-refractivity contribution is 5.80. The molecule has 0 bridgehead atoms. The summed E-state index contributed by atoms with van der Waals surface area (Å²) in [7, 11) is 1.87. The number of nitrogens with one attached hydrogen (secondary N) is 1. The zero-order valence-corrected chi connectivity index (χ0v) is 14.6. The summed E-state index contributed by atoms with van der Waals surface area (Å²) in [4.78, 5) is 25.1. The zero-order valence-electron chi connectivity index (χ0n) is 14.6. The molecule has 0 unspecified atom stereocenters. The average molecular weight is 341 g/mol. The minimum absolute atomic E-state index is 0.0436. The predicted molar refractivity (Wildman–Crippen MR) is 95.5 cm³/mol. The van der Waals surface area contributed by atoms with Crippen LogP contribution in [0.2, 0.25) is 0 Å². The number of nitrogens with zero attached hydrogens (tertiary/aromatic N) is 4. The van der Waals surface area contributed by atoms with Gasteiger partial charge >= 0.3 is 5.69 Å². The first kappa shape index (κ1) is 15.9. The van der Waals surface area contributed by atoms with Gasteiger partial charge in [0.1, 0.15) is 6.54 Å². The topological polar surface area (TPSA) is 73.3 Å². The van der Waals surface area contributed by atoms with Crippen molar-refractivity contribution in [2.75, 3.05) is 0 Å². The molecular weight excluding hydrogens is 318 g/mol. The highest BCUT2D eigenvalue weighted by atomic mass is 16.2. The lowest BCUT2D eigenvalue weighted by Crippen LogP contribution is -2.43. The Morgan fingerprint density at radius 1 is 1.24 bits per heavy atom. The third-order valence-electron chi connectivity index (χ3n) is 5.36. The largest absolute Gasteiger partial charge is 0.352 e. The maximum Gasteiger partial charge on any atom is 0.352 e. The van der Waals surface area contributed by atoms with E-state index in [2.05, 4.69) is 17.3 Å². The molecule has 1 amide bonds. The number of carbonyl (C=O) groups excluding carboxylic acids is 1. The highest BCUT2D eigenvalue weighted by Gasteiger charge is 2.24. The molecule has 1 aromatic carbocycles. The number of benzene rings is 1. The van der Waals surface area contributed by atoms with Crippen molar-refractivity contribution >= 4 is 22.7 Å². The van der Waals surface area contributed by atoms with E-state index in [1.54, 1.807) is 4.40 Å². The van der Waals surface area contributed by atoms with Crippen LogP contribution in [-0.2, 0) is 18.4 Å². The van der Waals surface area contributed by atoms with E-state index in [0.29, 0.717) is 11.7 Å². The summed E-state index contributed by atoms with van der Waals surface area (Å²) in [5, 5.41) is 7.45. The third kappa shape index (κ3) is 2.63. The number of aryl methyl sites for hydroxylation is 1. The number of hydrogen-bond acceptors (Lipinski definition) is 3. The van der Waals surface area contributed by atoms with Crippen LogP contribution in [0.4, 0.5) is 0 Å². The molecule has 1 N–H and O–H groups in total. The molecule has 1 fully saturated rings. The van der Waals surface area contributed by atoms with E-state index in [0.717, 1.165) is 30.3 Å². The number of imidazole rings is 1. The van der Waals surface area contributed by atoms with Gasteiger partial charge in [-0.3, -0.25) is 4.79 Å². The lowest BCUT2D eigenvalue weighted by atomic mass is 9.86. The van der Waals surface area contributed by atoms with Crippen LogP contribution in [0.3, 0.4) is 0 Å². The van der Waals surface area contributed by atoms with Crippen molar-refractivity contribution in [3.63, 3.8) is 0 Å². The molecule has 2 aromatic heterocycles. The second kappa shape index (κ2) is 6.06. The van der Waals surface area contributed by atoms with Gasteiger partial charge in [0.2, 0.25) is 11.7 Å². The molecule has 25 heavy (non-hydrogen) atoms. The standard InChI is InChI=1S/C18H23N5O2/c1-12-7-3-4-8-13(12)19-16(24)11-22-18(25)23-15-10-6-5-9-14(15)21(2)17(23)20-22/h5-6,9-10,12-13H,3-4,7-8,11H2,1-2H3,(H,19,24)/t12-,13-/m0/s1. The molecule has 0 radical (unpaired) electrons. The Labute approximate surface area is 145 Å². The van der Waals surface area contributed by atoms with Crippen molar-refractivity contribution in [3.8, 4) is 0 Å². The number of carbonyl (C=O) groups is 1. The molecule has 0 aliphatic heterocycles. The zero-order chi connectivity index (χ0) is 17.6. The normalized spacial score (nSPS) is 21.0. The van der Waals surface area contributed by atoms with Gasteiger partial charge in [-0.05, 0) is 30.9 Å². The fraction of sp³-hybridized carbons (Fsp3) is 0.500. The Morgan fingerprint density at radius 2 is 1.96 bits per heavy atom. The molecular formula is C18H23N5O2. The fourth-order valence-corrected chi connectivity index (χ4v) is 3.89. The van der Waals surface area contributed by atoms with E-state index >= 15 is 0 Å². The molecule has 7 heteroatoms. The van der Waals surface area contributed by atoms with Crippen LogP contribution in [0.15, 0.2) is 29.1 Å². The maximum atomic E-state index is 12.7. The highest BCUT2D eigenvalue weighted by Crippen LogP contribution is 2.23. The predicted octanol–water partition coefficient (Wildman–Crippen LogP) is 1.68. The smallest absolute Gasteiger partial charge is 0.351 e. The molecule has 0 saturated heterocycles. The van der Waals surface area contributed by atoms with Crippen molar-refractivity contribution in [3.05, 3.63) is 34.7 Å². The average Bonchev–Trinajstić information content (AvgIpc) is 3.06. The Hall–Kier alpha value is -2.57. The van der Waals surface area contributed by atoms with E-state index < -0.39 is 0 Å². The number of aromatic nitrogens is 4. The van der Waals surface area contributed by atoms with Gasteiger partial charge in [0.05, 0.1) is 11.0 Å². The van der Waals surface area contributed by atoms with E-state index in [1.807, 2.05) is 35.9 Å². The summed E-state index contributed by atoms with van der Waals surface area (Å²) in [5.41, 5.74) is 1.46. The molecule has 132 valence electrons.